The van der Waals surface area contributed by atoms with E-state index in [-0.39, 0.29) is 0 Å². The number of hydrogen-bond acceptors (Lipinski definition) is 2. The van der Waals surface area contributed by atoms with E-state index in [9.17, 15) is 0 Å². The summed E-state index contributed by atoms with van der Waals surface area (Å²) in [6.45, 7) is 4.35. The normalized spacial score (nSPS) is 12.6. The van der Waals surface area contributed by atoms with Gasteiger partial charge in [-0.2, -0.15) is 0 Å². The van der Waals surface area contributed by atoms with Crippen molar-refractivity contribution < 1.29 is 0 Å². The molecule has 0 aliphatic carbocycles. The Morgan fingerprint density at radius 2 is 1.75 bits per heavy atom. The molecule has 1 heterocycles. The van der Waals surface area contributed by atoms with Crippen LogP contribution in [0.2, 0.25) is 0 Å². The monoisotopic (exact) mass is 345 g/mol. The van der Waals surface area contributed by atoms with Crippen LogP contribution in [0.5, 0.6) is 0 Å². The molecule has 0 radical (unpaired) electrons. The third-order valence-electron chi connectivity index (χ3n) is 3.37. The molecule has 0 bridgehead atoms. The van der Waals surface area contributed by atoms with E-state index in [0.29, 0.717) is 6.04 Å². The van der Waals surface area contributed by atoms with E-state index >= 15 is 0 Å². The van der Waals surface area contributed by atoms with Crippen LogP contribution >= 0.6 is 27.3 Å². The van der Waals surface area contributed by atoms with Crippen molar-refractivity contribution >= 4 is 43.7 Å². The Hall–Kier alpha value is -1.32. The summed E-state index contributed by atoms with van der Waals surface area (Å²) in [6, 6.07) is 17.6. The number of thiophene rings is 1. The standard InChI is InChI=1S/C17H16BrNS/c1-11-3-8-17(20-11)12(2)19-16-7-5-13-9-15(18)6-4-14(13)10-16/h3-10,12,19H,1-2H3. The first-order valence-corrected chi connectivity index (χ1v) is 8.25. The van der Waals surface area contributed by atoms with Gasteiger partial charge < -0.3 is 5.32 Å². The molecule has 20 heavy (non-hydrogen) atoms. The first-order valence-electron chi connectivity index (χ1n) is 6.64. The van der Waals surface area contributed by atoms with E-state index in [2.05, 4.69) is 83.6 Å². The van der Waals surface area contributed by atoms with Crippen LogP contribution in [0, 0.1) is 6.92 Å². The second kappa shape index (κ2) is 5.58. The van der Waals surface area contributed by atoms with Crippen LogP contribution in [0.15, 0.2) is 53.0 Å². The quantitative estimate of drug-likeness (QED) is 0.600. The largest absolute Gasteiger partial charge is 0.378 e. The average molecular weight is 346 g/mol. The molecule has 1 atom stereocenters. The lowest BCUT2D eigenvalue weighted by Crippen LogP contribution is -2.04. The predicted octanol–water partition coefficient (Wildman–Crippen LogP) is 6.15. The molecular formula is C17H16BrNS. The molecule has 1 aromatic heterocycles. The molecule has 0 saturated heterocycles. The van der Waals surface area contributed by atoms with Crippen LogP contribution in [0.3, 0.4) is 0 Å². The number of anilines is 1. The van der Waals surface area contributed by atoms with E-state index in [1.54, 1.807) is 0 Å². The summed E-state index contributed by atoms with van der Waals surface area (Å²) in [5.74, 6) is 0. The number of benzene rings is 2. The van der Waals surface area contributed by atoms with Gasteiger partial charge in [-0.25, -0.2) is 0 Å². The zero-order chi connectivity index (χ0) is 14.1. The molecule has 0 spiro atoms. The Balaban J connectivity index is 1.85. The van der Waals surface area contributed by atoms with Gasteiger partial charge in [0.05, 0.1) is 6.04 Å². The van der Waals surface area contributed by atoms with Crippen molar-refractivity contribution in [3.63, 3.8) is 0 Å². The minimum Gasteiger partial charge on any atom is -0.378 e. The molecule has 0 fully saturated rings. The number of hydrogen-bond donors (Lipinski definition) is 1. The van der Waals surface area contributed by atoms with Gasteiger partial charge in [0.15, 0.2) is 0 Å². The summed E-state index contributed by atoms with van der Waals surface area (Å²) < 4.78 is 1.12. The van der Waals surface area contributed by atoms with E-state index in [1.165, 1.54) is 26.2 Å². The van der Waals surface area contributed by atoms with E-state index < -0.39 is 0 Å². The smallest absolute Gasteiger partial charge is 0.0578 e. The molecule has 102 valence electrons. The number of halogens is 1. The lowest BCUT2D eigenvalue weighted by Gasteiger charge is -2.14. The van der Waals surface area contributed by atoms with Crippen molar-refractivity contribution in [2.45, 2.75) is 19.9 Å². The first-order chi connectivity index (χ1) is 9.61. The summed E-state index contributed by atoms with van der Waals surface area (Å²) >= 11 is 5.36. The highest BCUT2D eigenvalue weighted by molar-refractivity contribution is 9.10. The van der Waals surface area contributed by atoms with Gasteiger partial charge in [-0.15, -0.1) is 11.3 Å². The minimum atomic E-state index is 0.335. The van der Waals surface area contributed by atoms with Gasteiger partial charge in [0, 0.05) is 19.9 Å². The van der Waals surface area contributed by atoms with Gasteiger partial charge >= 0.3 is 0 Å². The van der Waals surface area contributed by atoms with Crippen LogP contribution in [-0.2, 0) is 0 Å². The number of fused-ring (bicyclic) bond motifs is 1. The van der Waals surface area contributed by atoms with Crippen molar-refractivity contribution in [1.29, 1.82) is 0 Å². The van der Waals surface area contributed by atoms with Gasteiger partial charge in [0.1, 0.15) is 0 Å². The zero-order valence-corrected chi connectivity index (χ0v) is 13.9. The van der Waals surface area contributed by atoms with Crippen molar-refractivity contribution in [2.24, 2.45) is 0 Å². The Kier molecular flexibility index (Phi) is 3.81. The fourth-order valence-electron chi connectivity index (χ4n) is 2.31. The highest BCUT2D eigenvalue weighted by atomic mass is 79.9. The second-order valence-corrected chi connectivity index (χ2v) is 7.26. The van der Waals surface area contributed by atoms with Gasteiger partial charge in [0.25, 0.3) is 0 Å². The molecule has 1 unspecified atom stereocenters. The first kappa shape index (κ1) is 13.7. The summed E-state index contributed by atoms with van der Waals surface area (Å²) in [5.41, 5.74) is 1.17. The summed E-state index contributed by atoms with van der Waals surface area (Å²) in [5, 5.41) is 6.09. The van der Waals surface area contributed by atoms with Crippen molar-refractivity contribution in [2.75, 3.05) is 5.32 Å². The Morgan fingerprint density at radius 1 is 1.00 bits per heavy atom. The van der Waals surface area contributed by atoms with Gasteiger partial charge in [-0.3, -0.25) is 0 Å². The van der Waals surface area contributed by atoms with E-state index in [0.717, 1.165) is 4.47 Å². The summed E-state index contributed by atoms with van der Waals surface area (Å²) in [4.78, 5) is 2.73. The zero-order valence-electron chi connectivity index (χ0n) is 11.5. The molecule has 3 rings (SSSR count). The lowest BCUT2D eigenvalue weighted by atomic mass is 10.1. The summed E-state index contributed by atoms with van der Waals surface area (Å²) in [7, 11) is 0. The maximum atomic E-state index is 3.58. The van der Waals surface area contributed by atoms with Crippen LogP contribution < -0.4 is 5.32 Å². The highest BCUT2D eigenvalue weighted by Gasteiger charge is 2.07. The molecule has 0 aliphatic rings. The SMILES string of the molecule is Cc1ccc(C(C)Nc2ccc3cc(Br)ccc3c2)s1. The van der Waals surface area contributed by atoms with Crippen molar-refractivity contribution in [3.05, 3.63) is 62.8 Å². The Labute approximate surface area is 131 Å². The molecule has 1 nitrogen and oxygen atoms in total. The molecule has 1 N–H and O–H groups in total. The van der Waals surface area contributed by atoms with E-state index in [1.807, 2.05) is 11.3 Å². The minimum absolute atomic E-state index is 0.335. The lowest BCUT2D eigenvalue weighted by molar-refractivity contribution is 0.909. The Bertz CT molecular complexity index is 748. The van der Waals surface area contributed by atoms with Gasteiger partial charge in [0.2, 0.25) is 0 Å². The van der Waals surface area contributed by atoms with Crippen molar-refractivity contribution in [3.8, 4) is 0 Å². The molecule has 0 saturated carbocycles. The average Bonchev–Trinajstić information content (AvgIpc) is 2.86. The van der Waals surface area contributed by atoms with Crippen LogP contribution in [0.25, 0.3) is 10.8 Å². The fourth-order valence-corrected chi connectivity index (χ4v) is 3.57. The third kappa shape index (κ3) is 2.89. The van der Waals surface area contributed by atoms with Gasteiger partial charge in [-0.1, -0.05) is 28.1 Å². The predicted molar refractivity (Wildman–Crippen MR) is 92.7 cm³/mol. The van der Waals surface area contributed by atoms with E-state index in [4.69, 9.17) is 0 Å². The molecular weight excluding hydrogens is 330 g/mol. The molecule has 2 aromatic carbocycles. The maximum absolute atomic E-state index is 3.58. The number of rotatable bonds is 3. The molecule has 3 aromatic rings. The Morgan fingerprint density at radius 3 is 2.50 bits per heavy atom. The second-order valence-electron chi connectivity index (χ2n) is 5.02. The highest BCUT2D eigenvalue weighted by Crippen LogP contribution is 2.28. The number of aryl methyl sites for hydroxylation is 1. The third-order valence-corrected chi connectivity index (χ3v) is 5.05. The maximum Gasteiger partial charge on any atom is 0.0578 e. The molecule has 3 heteroatoms. The van der Waals surface area contributed by atoms with Crippen LogP contribution in [0.4, 0.5) is 5.69 Å². The molecule has 0 aliphatic heterocycles. The van der Waals surface area contributed by atoms with Crippen LogP contribution in [-0.4, -0.2) is 0 Å². The fraction of sp³-hybridized carbons (Fsp3) is 0.176. The van der Waals surface area contributed by atoms with Gasteiger partial charge in [-0.05, 0) is 61.0 Å². The topological polar surface area (TPSA) is 12.0 Å². The summed E-state index contributed by atoms with van der Waals surface area (Å²) in [6.07, 6.45) is 0. The van der Waals surface area contributed by atoms with Crippen molar-refractivity contribution in [1.82, 2.24) is 0 Å². The number of nitrogens with one attached hydrogen (secondary N) is 1. The molecule has 0 amide bonds. The van der Waals surface area contributed by atoms with Crippen LogP contribution in [0.1, 0.15) is 22.7 Å².